The minimum atomic E-state index is -0.0585. The summed E-state index contributed by atoms with van der Waals surface area (Å²) >= 11 is 1.44. The van der Waals surface area contributed by atoms with Crippen molar-refractivity contribution in [1.29, 1.82) is 0 Å². The number of nitrogens with zero attached hydrogens (tertiary/aromatic N) is 1. The summed E-state index contributed by atoms with van der Waals surface area (Å²) < 4.78 is 0. The minimum Gasteiger partial charge on any atom is -0.346 e. The van der Waals surface area contributed by atoms with Crippen molar-refractivity contribution in [2.75, 3.05) is 13.1 Å². The van der Waals surface area contributed by atoms with Gasteiger partial charge in [0.25, 0.3) is 5.91 Å². The zero-order valence-electron chi connectivity index (χ0n) is 8.69. The Balaban J connectivity index is 1.93. The summed E-state index contributed by atoms with van der Waals surface area (Å²) in [5.74, 6) is 0.477. The lowest BCUT2D eigenvalue weighted by molar-refractivity contribution is 0.0911. The van der Waals surface area contributed by atoms with Gasteiger partial charge < -0.3 is 10.6 Å². The first-order chi connectivity index (χ1) is 7.27. The molecule has 2 heterocycles. The highest BCUT2D eigenvalue weighted by atomic mass is 32.1. The Hall–Kier alpha value is -0.940. The van der Waals surface area contributed by atoms with E-state index < -0.39 is 0 Å². The maximum atomic E-state index is 11.7. The van der Waals surface area contributed by atoms with Gasteiger partial charge in [0.15, 0.2) is 0 Å². The van der Waals surface area contributed by atoms with Gasteiger partial charge in [-0.15, -0.1) is 11.3 Å². The first kappa shape index (κ1) is 10.6. The molecule has 0 aromatic carbocycles. The van der Waals surface area contributed by atoms with E-state index in [2.05, 4.69) is 22.5 Å². The molecule has 15 heavy (non-hydrogen) atoms. The van der Waals surface area contributed by atoms with Crippen LogP contribution in [0.3, 0.4) is 0 Å². The lowest BCUT2D eigenvalue weighted by atomic mass is 9.95. The fourth-order valence-electron chi connectivity index (χ4n) is 1.75. The highest BCUT2D eigenvalue weighted by Crippen LogP contribution is 2.12. The van der Waals surface area contributed by atoms with Crippen molar-refractivity contribution in [2.45, 2.75) is 19.4 Å². The predicted molar refractivity (Wildman–Crippen MR) is 60.0 cm³/mol. The molecule has 0 radical (unpaired) electrons. The Morgan fingerprint density at radius 2 is 2.60 bits per heavy atom. The van der Waals surface area contributed by atoms with Crippen LogP contribution in [0.1, 0.15) is 23.8 Å². The Morgan fingerprint density at radius 1 is 1.73 bits per heavy atom. The lowest BCUT2D eigenvalue weighted by Crippen LogP contribution is -2.50. The van der Waals surface area contributed by atoms with Crippen LogP contribution in [-0.2, 0) is 0 Å². The van der Waals surface area contributed by atoms with Crippen LogP contribution < -0.4 is 10.6 Å². The van der Waals surface area contributed by atoms with Crippen LogP contribution in [0.25, 0.3) is 0 Å². The Bertz CT molecular complexity index is 325. The molecule has 82 valence electrons. The zero-order chi connectivity index (χ0) is 10.7. The van der Waals surface area contributed by atoms with E-state index in [4.69, 9.17) is 0 Å². The fraction of sp³-hybridized carbons (Fsp3) is 0.600. The molecule has 1 aromatic rings. The number of rotatable bonds is 2. The van der Waals surface area contributed by atoms with Crippen molar-refractivity contribution in [3.8, 4) is 0 Å². The molecule has 2 unspecified atom stereocenters. The molecule has 0 aliphatic carbocycles. The summed E-state index contributed by atoms with van der Waals surface area (Å²) in [5.41, 5.74) is 2.20. The first-order valence-electron chi connectivity index (χ1n) is 5.17. The predicted octanol–water partition coefficient (Wildman–Crippen LogP) is 0.871. The van der Waals surface area contributed by atoms with Crippen LogP contribution >= 0.6 is 11.3 Å². The molecule has 1 aliphatic rings. The summed E-state index contributed by atoms with van der Waals surface area (Å²) in [7, 11) is 0. The smallest absolute Gasteiger partial charge is 0.271 e. The highest BCUT2D eigenvalue weighted by molar-refractivity contribution is 7.07. The second kappa shape index (κ2) is 4.72. The quantitative estimate of drug-likeness (QED) is 0.785. The van der Waals surface area contributed by atoms with E-state index in [0.29, 0.717) is 11.6 Å². The summed E-state index contributed by atoms with van der Waals surface area (Å²) in [6.45, 7) is 4.08. The molecule has 2 rings (SSSR count). The van der Waals surface area contributed by atoms with Gasteiger partial charge in [0, 0.05) is 18.0 Å². The average Bonchev–Trinajstić information content (AvgIpc) is 2.74. The van der Waals surface area contributed by atoms with Crippen LogP contribution in [-0.4, -0.2) is 30.0 Å². The number of piperidine rings is 1. The van der Waals surface area contributed by atoms with Crippen molar-refractivity contribution >= 4 is 17.2 Å². The second-order valence-electron chi connectivity index (χ2n) is 3.92. The number of aromatic nitrogens is 1. The molecule has 2 N–H and O–H groups in total. The summed E-state index contributed by atoms with van der Waals surface area (Å²) in [5, 5.41) is 8.07. The van der Waals surface area contributed by atoms with Gasteiger partial charge >= 0.3 is 0 Å². The molecule has 1 aliphatic heterocycles. The van der Waals surface area contributed by atoms with Crippen molar-refractivity contribution in [1.82, 2.24) is 15.6 Å². The van der Waals surface area contributed by atoms with Gasteiger partial charge in [-0.2, -0.15) is 0 Å². The summed E-state index contributed by atoms with van der Waals surface area (Å²) in [4.78, 5) is 15.7. The zero-order valence-corrected chi connectivity index (χ0v) is 9.51. The number of carbonyl (C=O) groups is 1. The molecule has 1 fully saturated rings. The largest absolute Gasteiger partial charge is 0.346 e. The van der Waals surface area contributed by atoms with Crippen LogP contribution in [0.15, 0.2) is 10.9 Å². The minimum absolute atomic E-state index is 0.0585. The number of nitrogens with one attached hydrogen (secondary N) is 2. The normalized spacial score (nSPS) is 26.2. The molecule has 0 saturated carbocycles. The molecule has 2 atom stereocenters. The van der Waals surface area contributed by atoms with Gasteiger partial charge in [0.05, 0.1) is 5.51 Å². The van der Waals surface area contributed by atoms with E-state index in [1.165, 1.54) is 11.3 Å². The number of hydrogen-bond acceptors (Lipinski definition) is 4. The number of hydrogen-bond donors (Lipinski definition) is 2. The maximum absolute atomic E-state index is 11.7. The SMILES string of the molecule is CC1CCNCC1NC(=O)c1cscn1. The third kappa shape index (κ3) is 2.54. The van der Waals surface area contributed by atoms with Crippen molar-refractivity contribution in [3.63, 3.8) is 0 Å². The van der Waals surface area contributed by atoms with E-state index in [0.717, 1.165) is 19.5 Å². The van der Waals surface area contributed by atoms with Crippen molar-refractivity contribution < 1.29 is 4.79 Å². The third-order valence-electron chi connectivity index (χ3n) is 2.81. The maximum Gasteiger partial charge on any atom is 0.271 e. The summed E-state index contributed by atoms with van der Waals surface area (Å²) in [6, 6.07) is 0.230. The molecular formula is C10H15N3OS. The van der Waals surface area contributed by atoms with Gasteiger partial charge in [-0.05, 0) is 18.9 Å². The van der Waals surface area contributed by atoms with Crippen LogP contribution in [0, 0.1) is 5.92 Å². The highest BCUT2D eigenvalue weighted by Gasteiger charge is 2.23. The topological polar surface area (TPSA) is 54.0 Å². The summed E-state index contributed by atoms with van der Waals surface area (Å²) in [6.07, 6.45) is 1.11. The average molecular weight is 225 g/mol. The van der Waals surface area contributed by atoms with Gasteiger partial charge in [-0.25, -0.2) is 4.98 Å². The molecular weight excluding hydrogens is 210 g/mol. The third-order valence-corrected chi connectivity index (χ3v) is 3.40. The first-order valence-corrected chi connectivity index (χ1v) is 6.11. The Morgan fingerprint density at radius 3 is 3.27 bits per heavy atom. The second-order valence-corrected chi connectivity index (χ2v) is 4.64. The molecule has 5 heteroatoms. The fourth-order valence-corrected chi connectivity index (χ4v) is 2.28. The Labute approximate surface area is 93.1 Å². The molecule has 1 saturated heterocycles. The van der Waals surface area contributed by atoms with Gasteiger partial charge in [0.2, 0.25) is 0 Å². The number of carbonyl (C=O) groups excluding carboxylic acids is 1. The van der Waals surface area contributed by atoms with Crippen LogP contribution in [0.5, 0.6) is 0 Å². The molecule has 0 spiro atoms. The van der Waals surface area contributed by atoms with Crippen molar-refractivity contribution in [2.24, 2.45) is 5.92 Å². The standard InChI is InChI=1S/C10H15N3OS/c1-7-2-3-11-4-8(7)13-10(14)9-5-15-6-12-9/h5-8,11H,2-4H2,1H3,(H,13,14). The monoisotopic (exact) mass is 225 g/mol. The van der Waals surface area contributed by atoms with E-state index in [1.807, 2.05) is 0 Å². The lowest BCUT2D eigenvalue weighted by Gasteiger charge is -2.29. The van der Waals surface area contributed by atoms with Crippen LogP contribution in [0.4, 0.5) is 0 Å². The van der Waals surface area contributed by atoms with Crippen LogP contribution in [0.2, 0.25) is 0 Å². The van der Waals surface area contributed by atoms with Gasteiger partial charge in [0.1, 0.15) is 5.69 Å². The molecule has 4 nitrogen and oxygen atoms in total. The van der Waals surface area contributed by atoms with Crippen molar-refractivity contribution in [3.05, 3.63) is 16.6 Å². The molecule has 1 aromatic heterocycles. The van der Waals surface area contributed by atoms with E-state index in [-0.39, 0.29) is 11.9 Å². The van der Waals surface area contributed by atoms with E-state index in [1.54, 1.807) is 10.9 Å². The van der Waals surface area contributed by atoms with Gasteiger partial charge in [-0.1, -0.05) is 6.92 Å². The number of thiazole rings is 1. The van der Waals surface area contributed by atoms with Gasteiger partial charge in [-0.3, -0.25) is 4.79 Å². The number of amides is 1. The Kier molecular flexibility index (Phi) is 3.33. The van der Waals surface area contributed by atoms with E-state index in [9.17, 15) is 4.79 Å². The van der Waals surface area contributed by atoms with E-state index >= 15 is 0 Å². The molecule has 0 bridgehead atoms. The molecule has 1 amide bonds.